The second-order valence-corrected chi connectivity index (χ2v) is 5.45. The van der Waals surface area contributed by atoms with Crippen molar-refractivity contribution in [2.45, 2.75) is 46.4 Å². The predicted molar refractivity (Wildman–Crippen MR) is 78.8 cm³/mol. The normalized spacial score (nSPS) is 11.3. The molecule has 0 fully saturated rings. The van der Waals surface area contributed by atoms with Gasteiger partial charge in [0, 0.05) is 18.3 Å². The zero-order chi connectivity index (χ0) is 15.6. The second-order valence-electron chi connectivity index (χ2n) is 5.45. The summed E-state index contributed by atoms with van der Waals surface area (Å²) in [6.45, 7) is 8.02. The fourth-order valence-corrected chi connectivity index (χ4v) is 2.10. The van der Waals surface area contributed by atoms with Gasteiger partial charge in [-0.1, -0.05) is 0 Å². The van der Waals surface area contributed by atoms with E-state index in [9.17, 15) is 4.79 Å². The van der Waals surface area contributed by atoms with Crippen molar-refractivity contribution in [2.75, 3.05) is 5.73 Å². The quantitative estimate of drug-likeness (QED) is 0.853. The number of ether oxygens (including phenoxy) is 1. The van der Waals surface area contributed by atoms with Crippen molar-refractivity contribution >= 4 is 11.7 Å². The van der Waals surface area contributed by atoms with E-state index in [1.165, 1.54) is 6.33 Å². The molecule has 2 aromatic rings. The Labute approximate surface area is 123 Å². The third-order valence-corrected chi connectivity index (χ3v) is 3.10. The molecule has 0 unspecified atom stereocenters. The molecule has 0 atom stereocenters. The first kappa shape index (κ1) is 15.1. The zero-order valence-electron chi connectivity index (χ0n) is 12.8. The van der Waals surface area contributed by atoms with Crippen LogP contribution in [0.3, 0.4) is 0 Å². The Bertz CT molecular complexity index is 627. The molecular weight excluding hydrogens is 270 g/mol. The first-order chi connectivity index (χ1) is 9.90. The molecule has 7 heteroatoms. The minimum atomic E-state index is -0.418. The summed E-state index contributed by atoms with van der Waals surface area (Å²) in [5.41, 5.74) is 6.74. The van der Waals surface area contributed by atoms with E-state index in [1.807, 2.05) is 27.7 Å². The summed E-state index contributed by atoms with van der Waals surface area (Å²) in [7, 11) is 0. The third kappa shape index (κ3) is 3.24. The molecule has 0 radical (unpaired) electrons. The summed E-state index contributed by atoms with van der Waals surface area (Å²) in [6, 6.07) is 1.91. The average molecular weight is 291 g/mol. The van der Waals surface area contributed by atoms with E-state index in [0.717, 1.165) is 0 Å². The Morgan fingerprint density at radius 2 is 2.05 bits per heavy atom. The smallest absolute Gasteiger partial charge is 0.355 e. The molecule has 0 amide bonds. The molecular formula is C14H21N5O2. The molecule has 2 rings (SSSR count). The van der Waals surface area contributed by atoms with Crippen LogP contribution >= 0.6 is 0 Å². The van der Waals surface area contributed by atoms with Gasteiger partial charge in [-0.2, -0.15) is 5.10 Å². The largest absolute Gasteiger partial charge is 0.453 e. The van der Waals surface area contributed by atoms with Gasteiger partial charge in [0.05, 0.1) is 5.69 Å². The first-order valence-corrected chi connectivity index (χ1v) is 6.93. The van der Waals surface area contributed by atoms with Crippen LogP contribution in [0.15, 0.2) is 18.6 Å². The van der Waals surface area contributed by atoms with Gasteiger partial charge in [0.15, 0.2) is 12.4 Å². The highest BCUT2D eigenvalue weighted by Crippen LogP contribution is 2.18. The highest BCUT2D eigenvalue weighted by atomic mass is 16.5. The van der Waals surface area contributed by atoms with E-state index >= 15 is 0 Å². The molecule has 2 aromatic heterocycles. The van der Waals surface area contributed by atoms with Crippen LogP contribution in [0.25, 0.3) is 0 Å². The Balaban J connectivity index is 2.10. The highest BCUT2D eigenvalue weighted by molar-refractivity contribution is 5.89. The van der Waals surface area contributed by atoms with Gasteiger partial charge in [-0.3, -0.25) is 0 Å². The summed E-state index contributed by atoms with van der Waals surface area (Å²) >= 11 is 0. The lowest BCUT2D eigenvalue weighted by Crippen LogP contribution is -2.15. The van der Waals surface area contributed by atoms with Crippen molar-refractivity contribution in [2.24, 2.45) is 0 Å². The number of nitrogens with two attached hydrogens (primary N) is 1. The summed E-state index contributed by atoms with van der Waals surface area (Å²) in [4.78, 5) is 16.3. The van der Waals surface area contributed by atoms with Gasteiger partial charge in [0.1, 0.15) is 12.0 Å². The highest BCUT2D eigenvalue weighted by Gasteiger charge is 2.17. The number of esters is 1. The van der Waals surface area contributed by atoms with E-state index in [4.69, 9.17) is 10.5 Å². The van der Waals surface area contributed by atoms with Crippen LogP contribution in [-0.2, 0) is 11.3 Å². The maximum absolute atomic E-state index is 12.2. The third-order valence-electron chi connectivity index (χ3n) is 3.10. The van der Waals surface area contributed by atoms with Gasteiger partial charge in [-0.15, -0.1) is 0 Å². The number of rotatable bonds is 5. The number of carbonyl (C=O) groups excluding carboxylic acids is 1. The molecule has 0 spiro atoms. The molecule has 114 valence electrons. The first-order valence-electron chi connectivity index (χ1n) is 6.93. The average Bonchev–Trinajstić information content (AvgIpc) is 3.01. The predicted octanol–water partition coefficient (Wildman–Crippen LogP) is 2.18. The van der Waals surface area contributed by atoms with Crippen molar-refractivity contribution in [3.05, 3.63) is 30.1 Å². The molecule has 7 nitrogen and oxygen atoms in total. The number of anilines is 1. The van der Waals surface area contributed by atoms with Crippen LogP contribution in [0.2, 0.25) is 0 Å². The maximum atomic E-state index is 12.2. The monoisotopic (exact) mass is 291 g/mol. The molecule has 2 N–H and O–H groups in total. The molecule has 0 saturated carbocycles. The lowest BCUT2D eigenvalue weighted by Gasteiger charge is -2.13. The number of hydrogen-bond donors (Lipinski definition) is 1. The van der Waals surface area contributed by atoms with Gasteiger partial charge >= 0.3 is 5.97 Å². The van der Waals surface area contributed by atoms with E-state index in [1.54, 1.807) is 21.5 Å². The fraction of sp³-hybridized carbons (Fsp3) is 0.500. The minimum Gasteiger partial charge on any atom is -0.453 e. The van der Waals surface area contributed by atoms with Crippen molar-refractivity contribution in [1.82, 2.24) is 19.3 Å². The number of aromatic nitrogens is 4. The molecule has 2 heterocycles. The lowest BCUT2D eigenvalue weighted by molar-refractivity contribution is 0.0440. The van der Waals surface area contributed by atoms with Crippen LogP contribution in [0, 0.1) is 0 Å². The van der Waals surface area contributed by atoms with Gasteiger partial charge < -0.3 is 15.0 Å². The van der Waals surface area contributed by atoms with E-state index in [2.05, 4.69) is 10.1 Å². The number of hydrogen-bond acceptors (Lipinski definition) is 5. The Hall–Kier alpha value is -2.31. The molecule has 21 heavy (non-hydrogen) atoms. The molecule has 0 aliphatic heterocycles. The summed E-state index contributed by atoms with van der Waals surface area (Å²) in [5.74, 6) is 0.202. The molecule has 0 aromatic carbocycles. The molecule has 0 aliphatic rings. The van der Waals surface area contributed by atoms with E-state index < -0.39 is 5.97 Å². The number of carbonyl (C=O) groups is 1. The SMILES string of the molecule is CC(C)n1cc(N)cc1C(=O)OCc1ncnn1C(C)C. The van der Waals surface area contributed by atoms with Gasteiger partial charge in [-0.05, 0) is 33.8 Å². The molecule has 0 bridgehead atoms. The Morgan fingerprint density at radius 1 is 1.33 bits per heavy atom. The number of nitrogen functional groups attached to an aromatic ring is 1. The van der Waals surface area contributed by atoms with E-state index in [0.29, 0.717) is 17.2 Å². The van der Waals surface area contributed by atoms with Crippen LogP contribution in [0.4, 0.5) is 5.69 Å². The molecule has 0 aliphatic carbocycles. The van der Waals surface area contributed by atoms with Crippen LogP contribution in [0.5, 0.6) is 0 Å². The maximum Gasteiger partial charge on any atom is 0.355 e. The second kappa shape index (κ2) is 5.99. The molecule has 0 saturated heterocycles. The van der Waals surface area contributed by atoms with E-state index in [-0.39, 0.29) is 18.7 Å². The van der Waals surface area contributed by atoms with Crippen molar-refractivity contribution < 1.29 is 9.53 Å². The zero-order valence-corrected chi connectivity index (χ0v) is 12.8. The topological polar surface area (TPSA) is 88.0 Å². The summed E-state index contributed by atoms with van der Waals surface area (Å²) < 4.78 is 8.85. The van der Waals surface area contributed by atoms with Crippen molar-refractivity contribution in [3.63, 3.8) is 0 Å². The number of nitrogens with zero attached hydrogens (tertiary/aromatic N) is 4. The Kier molecular flexibility index (Phi) is 4.30. The van der Waals surface area contributed by atoms with Gasteiger partial charge in [0.25, 0.3) is 0 Å². The van der Waals surface area contributed by atoms with Crippen molar-refractivity contribution in [3.8, 4) is 0 Å². The summed E-state index contributed by atoms with van der Waals surface area (Å²) in [5, 5.41) is 4.11. The van der Waals surface area contributed by atoms with Crippen molar-refractivity contribution in [1.29, 1.82) is 0 Å². The van der Waals surface area contributed by atoms with Crippen LogP contribution in [-0.4, -0.2) is 25.3 Å². The van der Waals surface area contributed by atoms with Gasteiger partial charge in [0.2, 0.25) is 0 Å². The fourth-order valence-electron chi connectivity index (χ4n) is 2.10. The standard InChI is InChI=1S/C14H21N5O2/c1-9(2)18-6-11(15)5-12(18)14(20)21-7-13-16-8-17-19(13)10(3)4/h5-6,8-10H,7,15H2,1-4H3. The van der Waals surface area contributed by atoms with Gasteiger partial charge in [-0.25, -0.2) is 14.5 Å². The lowest BCUT2D eigenvalue weighted by atomic mass is 10.3. The van der Waals surface area contributed by atoms with Crippen LogP contribution < -0.4 is 5.73 Å². The Morgan fingerprint density at radius 3 is 2.67 bits per heavy atom. The van der Waals surface area contributed by atoms with Crippen LogP contribution in [0.1, 0.15) is 56.1 Å². The minimum absolute atomic E-state index is 0.0835. The summed E-state index contributed by atoms with van der Waals surface area (Å²) in [6.07, 6.45) is 3.19.